The molecule has 2 aromatic rings. The molecule has 0 unspecified atom stereocenters. The van der Waals surface area contributed by atoms with Gasteiger partial charge in [0.25, 0.3) is 0 Å². The van der Waals surface area contributed by atoms with Crippen molar-refractivity contribution in [3.63, 3.8) is 0 Å². The average molecular weight is 203 g/mol. The molecule has 0 spiro atoms. The number of hydrogen-bond acceptors (Lipinski definition) is 4. The summed E-state index contributed by atoms with van der Waals surface area (Å²) in [7, 11) is 1.94. The fraction of sp³-hybridized carbons (Fsp3) is 0.200. The lowest BCUT2D eigenvalue weighted by atomic mass is 10.4. The minimum atomic E-state index is 0.354. The van der Waals surface area contributed by atoms with E-state index in [0.29, 0.717) is 12.4 Å². The van der Waals surface area contributed by atoms with Gasteiger partial charge in [-0.2, -0.15) is 0 Å². The van der Waals surface area contributed by atoms with Gasteiger partial charge in [-0.1, -0.05) is 0 Å². The van der Waals surface area contributed by atoms with Gasteiger partial charge in [-0.25, -0.2) is 9.97 Å². The van der Waals surface area contributed by atoms with Crippen LogP contribution < -0.4 is 10.6 Å². The second-order valence-electron chi connectivity index (χ2n) is 3.15. The molecule has 0 aromatic carbocycles. The first-order valence-corrected chi connectivity index (χ1v) is 4.70. The highest BCUT2D eigenvalue weighted by Crippen LogP contribution is 2.18. The van der Waals surface area contributed by atoms with Gasteiger partial charge in [0.05, 0.1) is 6.54 Å². The fourth-order valence-electron chi connectivity index (χ4n) is 1.33. The van der Waals surface area contributed by atoms with Crippen molar-refractivity contribution < 1.29 is 0 Å². The van der Waals surface area contributed by atoms with Crippen LogP contribution in [0.2, 0.25) is 0 Å². The van der Waals surface area contributed by atoms with Crippen LogP contribution >= 0.6 is 0 Å². The minimum absolute atomic E-state index is 0.354. The van der Waals surface area contributed by atoms with Gasteiger partial charge in [0.1, 0.15) is 17.5 Å². The Labute approximate surface area is 88.0 Å². The van der Waals surface area contributed by atoms with Gasteiger partial charge in [-0.05, 0) is 18.2 Å². The number of H-pyrrole nitrogens is 1. The van der Waals surface area contributed by atoms with Crippen LogP contribution in [0.1, 0.15) is 5.82 Å². The van der Waals surface area contributed by atoms with Crippen LogP contribution in [0.15, 0.2) is 30.6 Å². The Hall–Kier alpha value is -1.88. The molecule has 5 heteroatoms. The Bertz CT molecular complexity index is 423. The summed E-state index contributed by atoms with van der Waals surface area (Å²) < 4.78 is 0. The summed E-state index contributed by atoms with van der Waals surface area (Å²) in [6, 6.07) is 5.76. The third-order valence-corrected chi connectivity index (χ3v) is 2.16. The molecule has 0 aliphatic heterocycles. The predicted octanol–water partition coefficient (Wildman–Crippen LogP) is 1.03. The van der Waals surface area contributed by atoms with Crippen molar-refractivity contribution >= 4 is 11.6 Å². The maximum Gasteiger partial charge on any atom is 0.144 e. The monoisotopic (exact) mass is 203 g/mol. The summed E-state index contributed by atoms with van der Waals surface area (Å²) in [6.07, 6.45) is 3.58. The highest BCUT2D eigenvalue weighted by Gasteiger charge is 2.06. The molecule has 2 rings (SSSR count). The fourth-order valence-corrected chi connectivity index (χ4v) is 1.33. The van der Waals surface area contributed by atoms with Gasteiger partial charge in [0, 0.05) is 19.4 Å². The number of anilines is 2. The summed E-state index contributed by atoms with van der Waals surface area (Å²) in [6.45, 7) is 0.354. The number of aromatic nitrogens is 3. The zero-order valence-electron chi connectivity index (χ0n) is 8.51. The van der Waals surface area contributed by atoms with Crippen molar-refractivity contribution in [1.82, 2.24) is 15.0 Å². The van der Waals surface area contributed by atoms with Crippen LogP contribution in [-0.4, -0.2) is 22.0 Å². The third kappa shape index (κ3) is 1.97. The van der Waals surface area contributed by atoms with Gasteiger partial charge in [0.2, 0.25) is 0 Å². The predicted molar refractivity (Wildman–Crippen MR) is 58.8 cm³/mol. The second-order valence-corrected chi connectivity index (χ2v) is 3.15. The smallest absolute Gasteiger partial charge is 0.144 e. The van der Waals surface area contributed by atoms with E-state index in [4.69, 9.17) is 5.73 Å². The molecule has 78 valence electrons. The lowest BCUT2D eigenvalue weighted by Crippen LogP contribution is -2.13. The minimum Gasteiger partial charge on any atom is -0.348 e. The Kier molecular flexibility index (Phi) is 2.64. The summed E-state index contributed by atoms with van der Waals surface area (Å²) in [5, 5.41) is 0. The van der Waals surface area contributed by atoms with E-state index < -0.39 is 0 Å². The summed E-state index contributed by atoms with van der Waals surface area (Å²) >= 11 is 0. The summed E-state index contributed by atoms with van der Waals surface area (Å²) in [4.78, 5) is 13.4. The second kappa shape index (κ2) is 4.10. The molecule has 0 bridgehead atoms. The van der Waals surface area contributed by atoms with Crippen molar-refractivity contribution in [2.24, 2.45) is 5.73 Å². The first-order chi connectivity index (χ1) is 7.31. The van der Waals surface area contributed by atoms with E-state index in [-0.39, 0.29) is 0 Å². The van der Waals surface area contributed by atoms with E-state index in [1.165, 1.54) is 0 Å². The van der Waals surface area contributed by atoms with Crippen LogP contribution in [0, 0.1) is 0 Å². The molecule has 0 amide bonds. The molecule has 0 fully saturated rings. The quantitative estimate of drug-likeness (QED) is 0.781. The van der Waals surface area contributed by atoms with Gasteiger partial charge in [-0.3, -0.25) is 0 Å². The zero-order valence-corrected chi connectivity index (χ0v) is 8.51. The van der Waals surface area contributed by atoms with E-state index in [0.717, 1.165) is 11.6 Å². The molecule has 0 saturated heterocycles. The van der Waals surface area contributed by atoms with Gasteiger partial charge < -0.3 is 15.6 Å². The van der Waals surface area contributed by atoms with Crippen molar-refractivity contribution in [3.05, 3.63) is 36.4 Å². The summed E-state index contributed by atoms with van der Waals surface area (Å²) in [5.74, 6) is 2.45. The van der Waals surface area contributed by atoms with Gasteiger partial charge in [0.15, 0.2) is 0 Å². The average Bonchev–Trinajstić information content (AvgIpc) is 2.81. The Morgan fingerprint density at radius 1 is 1.47 bits per heavy atom. The Morgan fingerprint density at radius 3 is 3.00 bits per heavy atom. The van der Waals surface area contributed by atoms with Crippen molar-refractivity contribution in [3.8, 4) is 0 Å². The number of rotatable bonds is 3. The van der Waals surface area contributed by atoms with Crippen molar-refractivity contribution in [2.45, 2.75) is 6.54 Å². The maximum absolute atomic E-state index is 5.49. The van der Waals surface area contributed by atoms with Crippen LogP contribution in [0.4, 0.5) is 11.6 Å². The molecule has 2 heterocycles. The highest BCUT2D eigenvalue weighted by molar-refractivity contribution is 5.54. The standard InChI is InChI=1S/C10H13N5/c1-15(9-3-2-5-13-9)10-4-6-12-8(7-11)14-10/h2-6,13H,7,11H2,1H3. The maximum atomic E-state index is 5.49. The molecule has 2 aromatic heterocycles. The molecule has 0 radical (unpaired) electrons. The lowest BCUT2D eigenvalue weighted by Gasteiger charge is -2.16. The van der Waals surface area contributed by atoms with Crippen molar-refractivity contribution in [2.75, 3.05) is 11.9 Å². The lowest BCUT2D eigenvalue weighted by molar-refractivity contribution is 0.897. The van der Waals surface area contributed by atoms with Gasteiger partial charge in [-0.15, -0.1) is 0 Å². The molecule has 0 atom stereocenters. The highest BCUT2D eigenvalue weighted by atomic mass is 15.2. The molecule has 0 aliphatic rings. The van der Waals surface area contributed by atoms with Crippen molar-refractivity contribution in [1.29, 1.82) is 0 Å². The zero-order chi connectivity index (χ0) is 10.7. The van der Waals surface area contributed by atoms with E-state index in [1.54, 1.807) is 6.20 Å². The number of aromatic amines is 1. The molecule has 0 saturated carbocycles. The number of hydrogen-bond donors (Lipinski definition) is 2. The molecule has 15 heavy (non-hydrogen) atoms. The molecular formula is C10H13N5. The molecule has 3 N–H and O–H groups in total. The van der Waals surface area contributed by atoms with Crippen LogP contribution in [0.3, 0.4) is 0 Å². The molecule has 0 aliphatic carbocycles. The number of nitrogens with two attached hydrogens (primary N) is 1. The Morgan fingerprint density at radius 2 is 2.33 bits per heavy atom. The molecular weight excluding hydrogens is 190 g/mol. The first kappa shape index (κ1) is 9.67. The van der Waals surface area contributed by atoms with E-state index in [2.05, 4.69) is 15.0 Å². The Balaban J connectivity index is 2.29. The SMILES string of the molecule is CN(c1ccnc(CN)n1)c1ccc[nH]1. The number of nitrogens with one attached hydrogen (secondary N) is 1. The topological polar surface area (TPSA) is 70.8 Å². The normalized spacial score (nSPS) is 10.3. The third-order valence-electron chi connectivity index (χ3n) is 2.16. The van der Waals surface area contributed by atoms with Crippen LogP contribution in [0.25, 0.3) is 0 Å². The number of nitrogens with zero attached hydrogens (tertiary/aromatic N) is 3. The molecule has 5 nitrogen and oxygen atoms in total. The van der Waals surface area contributed by atoms with E-state index in [9.17, 15) is 0 Å². The summed E-state index contributed by atoms with van der Waals surface area (Å²) in [5.41, 5.74) is 5.49. The largest absolute Gasteiger partial charge is 0.348 e. The first-order valence-electron chi connectivity index (χ1n) is 4.70. The van der Waals surface area contributed by atoms with Crippen LogP contribution in [0.5, 0.6) is 0 Å². The van der Waals surface area contributed by atoms with Gasteiger partial charge >= 0.3 is 0 Å². The van der Waals surface area contributed by atoms with Crippen LogP contribution in [-0.2, 0) is 6.54 Å². The van der Waals surface area contributed by atoms with E-state index in [1.807, 2.05) is 36.3 Å². The van der Waals surface area contributed by atoms with E-state index >= 15 is 0 Å².